The molecule has 46 heavy (non-hydrogen) atoms. The fourth-order valence-corrected chi connectivity index (χ4v) is 3.99. The molecule has 0 atom stereocenters. The van der Waals surface area contributed by atoms with E-state index in [-0.39, 0.29) is 6.42 Å². The van der Waals surface area contributed by atoms with Gasteiger partial charge in [-0.15, -0.1) is 0 Å². The molecule has 0 aromatic heterocycles. The molecule has 0 aromatic carbocycles. The van der Waals surface area contributed by atoms with Crippen molar-refractivity contribution in [3.05, 3.63) is 122 Å². The molecule has 0 rings (SSSR count). The lowest BCUT2D eigenvalue weighted by Gasteiger charge is -2.00. The molecule has 0 fully saturated rings. The van der Waals surface area contributed by atoms with E-state index in [1.165, 1.54) is 63.9 Å². The number of hydrogen-bond acceptors (Lipinski definition) is 2. The first kappa shape index (κ1) is 44.5. The molecule has 0 saturated carbocycles. The van der Waals surface area contributed by atoms with E-state index in [2.05, 4.69) is 86.8 Å². The van der Waals surface area contributed by atoms with Crippen molar-refractivity contribution in [1.29, 1.82) is 0 Å². The van der Waals surface area contributed by atoms with Crippen molar-refractivity contribution in [2.75, 3.05) is 0 Å². The Labute approximate surface area is 282 Å². The lowest BCUT2D eigenvalue weighted by atomic mass is 10.1. The minimum absolute atomic E-state index is 0.210. The standard InChI is InChI=1S/C22H32O2.C20H32O2/c1-2-3-4-5-6-7-8-9-10-11-12-13-14-15-16-17-18-19-20-21-22(23)24;1-2-3-4-5-6-7-8-9-10-11-12-13-14-15-16-17-18-19-20(21)22/h3-4,6-7,9-10,12-13,15-16,18-19H,2,5,8,11,14,17,20-21H2,1H3,(H,23,24);12-19H,2-11H2,1H3,(H,21,22)/b4-3-,7-6-,10-9-,13-12-,16-15-,19-18-;13-12+,15-14+,17-16+,19-18+. The van der Waals surface area contributed by atoms with E-state index in [9.17, 15) is 9.59 Å². The lowest BCUT2D eigenvalue weighted by Crippen LogP contribution is -1.91. The Morgan fingerprint density at radius 2 is 0.848 bits per heavy atom. The molecule has 0 bridgehead atoms. The van der Waals surface area contributed by atoms with Gasteiger partial charge in [0.05, 0.1) is 0 Å². The van der Waals surface area contributed by atoms with Crippen LogP contribution in [0.25, 0.3) is 0 Å². The quantitative estimate of drug-likeness (QED) is 0.0389. The van der Waals surface area contributed by atoms with Crippen LogP contribution in [-0.2, 0) is 9.59 Å². The number of unbranched alkanes of at least 4 members (excludes halogenated alkanes) is 9. The average molecular weight is 633 g/mol. The van der Waals surface area contributed by atoms with Crippen molar-refractivity contribution in [3.63, 3.8) is 0 Å². The Morgan fingerprint density at radius 1 is 0.435 bits per heavy atom. The van der Waals surface area contributed by atoms with Gasteiger partial charge >= 0.3 is 11.9 Å². The molecule has 0 aliphatic carbocycles. The number of hydrogen-bond donors (Lipinski definition) is 2. The zero-order valence-electron chi connectivity index (χ0n) is 29.0. The van der Waals surface area contributed by atoms with Crippen molar-refractivity contribution >= 4 is 11.9 Å². The molecular formula is C42H64O4. The fourth-order valence-electron chi connectivity index (χ4n) is 3.99. The Balaban J connectivity index is 0. The van der Waals surface area contributed by atoms with Gasteiger partial charge < -0.3 is 10.2 Å². The van der Waals surface area contributed by atoms with Gasteiger partial charge in [0.15, 0.2) is 0 Å². The number of carbonyl (C=O) groups is 2. The molecule has 0 unspecified atom stereocenters. The van der Waals surface area contributed by atoms with Crippen LogP contribution in [0.5, 0.6) is 0 Å². The maximum Gasteiger partial charge on any atom is 0.328 e. The summed E-state index contributed by atoms with van der Waals surface area (Å²) in [6.07, 6.45) is 60.2. The van der Waals surface area contributed by atoms with Gasteiger partial charge in [-0.05, 0) is 57.8 Å². The first-order valence-corrected chi connectivity index (χ1v) is 17.6. The van der Waals surface area contributed by atoms with Crippen LogP contribution >= 0.6 is 0 Å². The van der Waals surface area contributed by atoms with Gasteiger partial charge in [-0.3, -0.25) is 4.79 Å². The van der Waals surface area contributed by atoms with Crippen molar-refractivity contribution < 1.29 is 19.8 Å². The van der Waals surface area contributed by atoms with Gasteiger partial charge in [0.2, 0.25) is 0 Å². The zero-order valence-corrected chi connectivity index (χ0v) is 29.0. The SMILES string of the molecule is CC/C=C\C/C=C\C/C=C\C/C=C\C/C=C\C/C=C\CCC(=O)O.CCCCCCCCCCC/C=C/C=C/C=C/C=C/C(=O)O. The van der Waals surface area contributed by atoms with Crippen LogP contribution in [0.15, 0.2) is 122 Å². The van der Waals surface area contributed by atoms with Gasteiger partial charge in [0, 0.05) is 12.5 Å². The number of aliphatic carboxylic acids is 2. The van der Waals surface area contributed by atoms with Gasteiger partial charge in [0.1, 0.15) is 0 Å². The topological polar surface area (TPSA) is 74.6 Å². The Hall–Kier alpha value is -3.66. The maximum atomic E-state index is 10.3. The van der Waals surface area contributed by atoms with E-state index >= 15 is 0 Å². The number of rotatable bonds is 28. The van der Waals surface area contributed by atoms with E-state index in [4.69, 9.17) is 10.2 Å². The first-order chi connectivity index (χ1) is 22.5. The van der Waals surface area contributed by atoms with E-state index in [1.807, 2.05) is 30.4 Å². The summed E-state index contributed by atoms with van der Waals surface area (Å²) < 4.78 is 0. The average Bonchev–Trinajstić information content (AvgIpc) is 3.03. The molecule has 4 nitrogen and oxygen atoms in total. The molecule has 0 amide bonds. The van der Waals surface area contributed by atoms with Gasteiger partial charge in [-0.2, -0.15) is 0 Å². The summed E-state index contributed by atoms with van der Waals surface area (Å²) in [6, 6.07) is 0. The summed E-state index contributed by atoms with van der Waals surface area (Å²) in [5.41, 5.74) is 0. The highest BCUT2D eigenvalue weighted by atomic mass is 16.4. The van der Waals surface area contributed by atoms with Crippen molar-refractivity contribution in [2.24, 2.45) is 0 Å². The van der Waals surface area contributed by atoms with Crippen LogP contribution in [0, 0.1) is 0 Å². The second-order valence-corrected chi connectivity index (χ2v) is 10.9. The van der Waals surface area contributed by atoms with Gasteiger partial charge in [0.25, 0.3) is 0 Å². The van der Waals surface area contributed by atoms with Crippen LogP contribution < -0.4 is 0 Å². The highest BCUT2D eigenvalue weighted by Crippen LogP contribution is 2.10. The normalized spacial score (nSPS) is 12.7. The third-order valence-corrected chi connectivity index (χ3v) is 6.53. The monoisotopic (exact) mass is 632 g/mol. The van der Waals surface area contributed by atoms with Crippen LogP contribution in [-0.4, -0.2) is 22.2 Å². The largest absolute Gasteiger partial charge is 0.481 e. The molecule has 0 aliphatic rings. The summed E-state index contributed by atoms with van der Waals surface area (Å²) >= 11 is 0. The van der Waals surface area contributed by atoms with Crippen molar-refractivity contribution in [3.8, 4) is 0 Å². The summed E-state index contributed by atoms with van der Waals surface area (Å²) in [4.78, 5) is 20.5. The van der Waals surface area contributed by atoms with E-state index in [0.717, 1.165) is 51.0 Å². The Morgan fingerprint density at radius 3 is 1.30 bits per heavy atom. The second kappa shape index (κ2) is 41.3. The molecule has 2 N–H and O–H groups in total. The maximum absolute atomic E-state index is 10.3. The van der Waals surface area contributed by atoms with Crippen LogP contribution in [0.1, 0.15) is 129 Å². The van der Waals surface area contributed by atoms with Gasteiger partial charge in [-0.25, -0.2) is 4.79 Å². The Bertz CT molecular complexity index is 983. The second-order valence-electron chi connectivity index (χ2n) is 10.9. The van der Waals surface area contributed by atoms with Gasteiger partial charge in [-0.1, -0.05) is 181 Å². The fraction of sp³-hybridized carbons (Fsp3) is 0.476. The summed E-state index contributed by atoms with van der Waals surface area (Å²) in [6.45, 7) is 4.41. The molecule has 0 aromatic rings. The molecule has 0 spiro atoms. The highest BCUT2D eigenvalue weighted by molar-refractivity contribution is 5.80. The first-order valence-electron chi connectivity index (χ1n) is 17.6. The van der Waals surface area contributed by atoms with Crippen LogP contribution in [0.3, 0.4) is 0 Å². The molecule has 0 aliphatic heterocycles. The number of allylic oxidation sites excluding steroid dienone is 19. The molecule has 256 valence electrons. The molecule has 0 radical (unpaired) electrons. The van der Waals surface area contributed by atoms with E-state index in [0.29, 0.717) is 6.42 Å². The zero-order chi connectivity index (χ0) is 34.0. The third kappa shape index (κ3) is 47.3. The number of carboxylic acids is 2. The van der Waals surface area contributed by atoms with Crippen LogP contribution in [0.2, 0.25) is 0 Å². The highest BCUT2D eigenvalue weighted by Gasteiger charge is 1.91. The van der Waals surface area contributed by atoms with E-state index in [1.54, 1.807) is 6.08 Å². The minimum atomic E-state index is -0.922. The van der Waals surface area contributed by atoms with Crippen molar-refractivity contribution in [2.45, 2.75) is 129 Å². The minimum Gasteiger partial charge on any atom is -0.481 e. The Kier molecular flexibility index (Phi) is 40.0. The molecule has 4 heteroatoms. The third-order valence-electron chi connectivity index (χ3n) is 6.53. The predicted octanol–water partition coefficient (Wildman–Crippen LogP) is 12.8. The van der Waals surface area contributed by atoms with Crippen molar-refractivity contribution in [1.82, 2.24) is 0 Å². The smallest absolute Gasteiger partial charge is 0.328 e. The summed E-state index contributed by atoms with van der Waals surface area (Å²) in [5.74, 6) is -1.66. The van der Waals surface area contributed by atoms with E-state index < -0.39 is 11.9 Å². The predicted molar refractivity (Wildman–Crippen MR) is 201 cm³/mol. The van der Waals surface area contributed by atoms with Crippen LogP contribution in [0.4, 0.5) is 0 Å². The lowest BCUT2D eigenvalue weighted by molar-refractivity contribution is -0.137. The summed E-state index contributed by atoms with van der Waals surface area (Å²) in [7, 11) is 0. The summed E-state index contributed by atoms with van der Waals surface area (Å²) in [5, 5.41) is 16.9. The number of carboxylic acid groups (broad SMARTS) is 2. The molecule has 0 heterocycles. The molecular weight excluding hydrogens is 568 g/mol. The molecule has 0 saturated heterocycles.